The number of nitrogens with one attached hydrogen (secondary N) is 1. The molecule has 4 nitrogen and oxygen atoms in total. The van der Waals surface area contributed by atoms with Crippen LogP contribution in [0.5, 0.6) is 5.75 Å². The van der Waals surface area contributed by atoms with Gasteiger partial charge in [-0.05, 0) is 37.8 Å². The van der Waals surface area contributed by atoms with E-state index >= 15 is 0 Å². The summed E-state index contributed by atoms with van der Waals surface area (Å²) >= 11 is 0. The maximum Gasteiger partial charge on any atom is 0.137 e. The Morgan fingerprint density at radius 3 is 2.80 bits per heavy atom. The number of benzene rings is 1. The summed E-state index contributed by atoms with van der Waals surface area (Å²) < 4.78 is 5.53. The minimum absolute atomic E-state index is 0.200. The number of hydrogen-bond donors (Lipinski definition) is 2. The predicted octanol–water partition coefficient (Wildman–Crippen LogP) is 2.22. The molecule has 1 aliphatic carbocycles. The molecule has 0 radical (unpaired) electrons. The summed E-state index contributed by atoms with van der Waals surface area (Å²) in [6.45, 7) is 2.91. The van der Waals surface area contributed by atoms with Gasteiger partial charge >= 0.3 is 0 Å². The number of aliphatic hydroxyl groups excluding tert-OH is 1. The van der Waals surface area contributed by atoms with Crippen molar-refractivity contribution in [3.05, 3.63) is 29.8 Å². The predicted molar refractivity (Wildman–Crippen MR) is 77.5 cm³/mol. The summed E-state index contributed by atoms with van der Waals surface area (Å²) in [4.78, 5) is 0. The van der Waals surface area contributed by atoms with Gasteiger partial charge in [-0.2, -0.15) is 5.26 Å². The molecule has 1 atom stereocenters. The SMILES string of the molecule is CCC1(NCC(O)COc2ccccc2C#N)CCC1. The molecule has 0 bridgehead atoms. The van der Waals surface area contributed by atoms with E-state index in [0.29, 0.717) is 17.9 Å². The van der Waals surface area contributed by atoms with Crippen molar-refractivity contribution in [2.45, 2.75) is 44.2 Å². The van der Waals surface area contributed by atoms with Crippen LogP contribution < -0.4 is 10.1 Å². The van der Waals surface area contributed by atoms with E-state index in [1.165, 1.54) is 19.3 Å². The maximum atomic E-state index is 9.98. The van der Waals surface area contributed by atoms with Gasteiger partial charge in [-0.1, -0.05) is 19.1 Å². The zero-order valence-electron chi connectivity index (χ0n) is 11.9. The topological polar surface area (TPSA) is 65.3 Å². The van der Waals surface area contributed by atoms with Crippen LogP contribution in [0.25, 0.3) is 0 Å². The van der Waals surface area contributed by atoms with Crippen LogP contribution in [0, 0.1) is 11.3 Å². The Labute approximate surface area is 120 Å². The molecule has 0 aromatic heterocycles. The van der Waals surface area contributed by atoms with E-state index in [-0.39, 0.29) is 12.1 Å². The van der Waals surface area contributed by atoms with Gasteiger partial charge in [0.05, 0.1) is 5.56 Å². The fraction of sp³-hybridized carbons (Fsp3) is 0.562. The number of hydrogen-bond acceptors (Lipinski definition) is 4. The molecule has 0 amide bonds. The lowest BCUT2D eigenvalue weighted by atomic mass is 9.75. The van der Waals surface area contributed by atoms with Crippen molar-refractivity contribution in [2.75, 3.05) is 13.2 Å². The molecule has 1 fully saturated rings. The van der Waals surface area contributed by atoms with Gasteiger partial charge in [-0.15, -0.1) is 0 Å². The Hall–Kier alpha value is -1.57. The number of β-amino-alcohol motifs (C(OH)–C–C–N with tert-alkyl or cyclic N) is 1. The van der Waals surface area contributed by atoms with Gasteiger partial charge in [-0.3, -0.25) is 0 Å². The van der Waals surface area contributed by atoms with E-state index in [4.69, 9.17) is 10.00 Å². The summed E-state index contributed by atoms with van der Waals surface area (Å²) in [7, 11) is 0. The van der Waals surface area contributed by atoms with Crippen molar-refractivity contribution in [3.8, 4) is 11.8 Å². The molecule has 1 aromatic carbocycles. The third-order valence-electron chi connectivity index (χ3n) is 4.14. The fourth-order valence-corrected chi connectivity index (χ4v) is 2.52. The lowest BCUT2D eigenvalue weighted by molar-refractivity contribution is 0.0810. The molecule has 1 aliphatic rings. The van der Waals surface area contributed by atoms with Crippen molar-refractivity contribution in [1.29, 1.82) is 5.26 Å². The minimum Gasteiger partial charge on any atom is -0.489 e. The summed E-state index contributed by atoms with van der Waals surface area (Å²) in [5.41, 5.74) is 0.725. The van der Waals surface area contributed by atoms with Crippen molar-refractivity contribution < 1.29 is 9.84 Å². The van der Waals surface area contributed by atoms with Crippen LogP contribution in [0.15, 0.2) is 24.3 Å². The summed E-state index contributed by atoms with van der Waals surface area (Å²) in [6.07, 6.45) is 4.18. The molecule has 1 unspecified atom stereocenters. The van der Waals surface area contributed by atoms with Gasteiger partial charge in [0, 0.05) is 12.1 Å². The first-order valence-electron chi connectivity index (χ1n) is 7.24. The molecule has 108 valence electrons. The quantitative estimate of drug-likeness (QED) is 0.800. The first-order chi connectivity index (χ1) is 9.69. The van der Waals surface area contributed by atoms with Crippen molar-refractivity contribution in [2.24, 2.45) is 0 Å². The zero-order valence-corrected chi connectivity index (χ0v) is 11.9. The van der Waals surface area contributed by atoms with E-state index in [2.05, 4.69) is 18.3 Å². The highest BCUT2D eigenvalue weighted by Crippen LogP contribution is 2.34. The van der Waals surface area contributed by atoms with E-state index in [9.17, 15) is 5.11 Å². The van der Waals surface area contributed by atoms with Crippen LogP contribution in [-0.2, 0) is 0 Å². The first-order valence-corrected chi connectivity index (χ1v) is 7.24. The monoisotopic (exact) mass is 274 g/mol. The average Bonchev–Trinajstić information content (AvgIpc) is 2.44. The normalized spacial score (nSPS) is 17.9. The van der Waals surface area contributed by atoms with E-state index in [1.54, 1.807) is 18.2 Å². The van der Waals surface area contributed by atoms with Gasteiger partial charge in [-0.25, -0.2) is 0 Å². The molecule has 0 aliphatic heterocycles. The minimum atomic E-state index is -0.564. The molecule has 0 heterocycles. The average molecular weight is 274 g/mol. The third kappa shape index (κ3) is 3.50. The Morgan fingerprint density at radius 1 is 1.45 bits per heavy atom. The molecule has 20 heavy (non-hydrogen) atoms. The maximum absolute atomic E-state index is 9.98. The summed E-state index contributed by atoms with van der Waals surface area (Å²) in [5, 5.41) is 22.4. The van der Waals surface area contributed by atoms with Crippen molar-refractivity contribution in [1.82, 2.24) is 5.32 Å². The highest BCUT2D eigenvalue weighted by Gasteiger charge is 2.34. The Bertz CT molecular complexity index is 472. The molecular formula is C16H22N2O2. The van der Waals surface area contributed by atoms with Gasteiger partial charge in [0.15, 0.2) is 0 Å². The molecule has 0 saturated heterocycles. The highest BCUT2D eigenvalue weighted by molar-refractivity contribution is 5.42. The Balaban J connectivity index is 1.78. The van der Waals surface area contributed by atoms with E-state index in [0.717, 1.165) is 6.42 Å². The number of nitriles is 1. The van der Waals surface area contributed by atoms with E-state index in [1.807, 2.05) is 6.07 Å². The van der Waals surface area contributed by atoms with Gasteiger partial charge in [0.2, 0.25) is 0 Å². The first kappa shape index (κ1) is 14.8. The number of ether oxygens (including phenoxy) is 1. The van der Waals surface area contributed by atoms with Crippen LogP contribution in [0.1, 0.15) is 38.2 Å². The standard InChI is InChI=1S/C16H22N2O2/c1-2-16(8-5-9-16)18-11-14(19)12-20-15-7-4-3-6-13(15)10-17/h3-4,6-7,14,18-19H,2,5,8-9,11-12H2,1H3. The third-order valence-corrected chi connectivity index (χ3v) is 4.14. The fourth-order valence-electron chi connectivity index (χ4n) is 2.52. The lowest BCUT2D eigenvalue weighted by Gasteiger charge is -2.42. The Kier molecular flexibility index (Phi) is 4.99. The second-order valence-electron chi connectivity index (χ2n) is 5.44. The van der Waals surface area contributed by atoms with Crippen LogP contribution in [0.4, 0.5) is 0 Å². The molecule has 2 rings (SSSR count). The molecule has 4 heteroatoms. The number of para-hydroxylation sites is 1. The number of nitrogens with zero attached hydrogens (tertiary/aromatic N) is 1. The van der Waals surface area contributed by atoms with Crippen LogP contribution >= 0.6 is 0 Å². The molecule has 2 N–H and O–H groups in total. The molecule has 0 spiro atoms. The van der Waals surface area contributed by atoms with Crippen LogP contribution in [0.2, 0.25) is 0 Å². The van der Waals surface area contributed by atoms with E-state index < -0.39 is 6.10 Å². The van der Waals surface area contributed by atoms with Crippen LogP contribution in [0.3, 0.4) is 0 Å². The largest absolute Gasteiger partial charge is 0.489 e. The van der Waals surface area contributed by atoms with Crippen molar-refractivity contribution in [3.63, 3.8) is 0 Å². The highest BCUT2D eigenvalue weighted by atomic mass is 16.5. The smallest absolute Gasteiger partial charge is 0.137 e. The lowest BCUT2D eigenvalue weighted by Crippen LogP contribution is -2.53. The van der Waals surface area contributed by atoms with Crippen LogP contribution in [-0.4, -0.2) is 29.9 Å². The summed E-state index contributed by atoms with van der Waals surface area (Å²) in [6, 6.07) is 9.15. The second-order valence-corrected chi connectivity index (χ2v) is 5.44. The van der Waals surface area contributed by atoms with Crippen molar-refractivity contribution >= 4 is 0 Å². The van der Waals surface area contributed by atoms with Gasteiger partial charge in [0.1, 0.15) is 24.5 Å². The number of rotatable bonds is 7. The van der Waals surface area contributed by atoms with Gasteiger partial charge in [0.25, 0.3) is 0 Å². The number of aliphatic hydroxyl groups is 1. The molecule has 1 aromatic rings. The zero-order chi connectivity index (χ0) is 14.4. The molecule has 1 saturated carbocycles. The Morgan fingerprint density at radius 2 is 2.20 bits per heavy atom. The second kappa shape index (κ2) is 6.74. The van der Waals surface area contributed by atoms with Gasteiger partial charge < -0.3 is 15.2 Å². The molecular weight excluding hydrogens is 252 g/mol. The summed E-state index contributed by atoms with van der Waals surface area (Å²) in [5.74, 6) is 0.530.